The Hall–Kier alpha value is -1.12. The lowest BCUT2D eigenvalue weighted by molar-refractivity contribution is -0.132. The molecule has 0 aliphatic heterocycles. The minimum atomic E-state index is -0.112. The zero-order chi connectivity index (χ0) is 19.6. The predicted octanol–water partition coefficient (Wildman–Crippen LogP) is 5.14. The van der Waals surface area contributed by atoms with Crippen LogP contribution in [0.3, 0.4) is 0 Å². The Morgan fingerprint density at radius 3 is 2.44 bits per heavy atom. The monoisotopic (exact) mass is 371 g/mol. The Morgan fingerprint density at radius 1 is 1.04 bits per heavy atom. The van der Waals surface area contributed by atoms with Gasteiger partial charge in [0, 0.05) is 18.0 Å². The number of allylic oxidation sites excluding steroid dienone is 1. The minimum Gasteiger partial charge on any atom is -0.337 e. The predicted molar refractivity (Wildman–Crippen MR) is 108 cm³/mol. The van der Waals surface area contributed by atoms with Crippen LogP contribution in [-0.4, -0.2) is 28.7 Å². The van der Waals surface area contributed by atoms with E-state index in [-0.39, 0.29) is 16.4 Å². The third-order valence-corrected chi connectivity index (χ3v) is 9.14. The van der Waals surface area contributed by atoms with E-state index in [9.17, 15) is 9.59 Å². The molecule has 1 amide bonds. The van der Waals surface area contributed by atoms with E-state index in [1.807, 2.05) is 6.08 Å². The molecule has 0 saturated heterocycles. The molecule has 6 atom stereocenters. The quantitative estimate of drug-likeness (QED) is 0.630. The van der Waals surface area contributed by atoms with Gasteiger partial charge in [-0.25, -0.2) is 0 Å². The van der Waals surface area contributed by atoms with E-state index in [0.29, 0.717) is 11.8 Å². The number of hydrogen-bond acceptors (Lipinski definition) is 2. The lowest BCUT2D eigenvalue weighted by Gasteiger charge is -2.59. The van der Waals surface area contributed by atoms with Crippen molar-refractivity contribution in [3.05, 3.63) is 11.6 Å². The fourth-order valence-electron chi connectivity index (χ4n) is 7.69. The summed E-state index contributed by atoms with van der Waals surface area (Å²) in [5, 5.41) is 0. The maximum Gasteiger partial charge on any atom is 0.210 e. The van der Waals surface area contributed by atoms with Crippen molar-refractivity contribution in [3.8, 4) is 0 Å². The lowest BCUT2D eigenvalue weighted by atomic mass is 9.47. The van der Waals surface area contributed by atoms with Gasteiger partial charge in [-0.15, -0.1) is 0 Å². The molecule has 0 aromatic heterocycles. The SMILES string of the molecule is CC(C)(C)N(C=O)[C@H]1CC[C@H]2[C@@H]3CCC4=CC(=O)CC[C@]4(C)[C@H]3CC[C@]12C. The highest BCUT2D eigenvalue weighted by atomic mass is 16.1. The number of hydrogen-bond donors (Lipinski definition) is 0. The summed E-state index contributed by atoms with van der Waals surface area (Å²) in [5.41, 5.74) is 1.82. The molecule has 4 aliphatic carbocycles. The third-order valence-electron chi connectivity index (χ3n) is 9.14. The van der Waals surface area contributed by atoms with Gasteiger partial charge < -0.3 is 4.90 Å². The molecular weight excluding hydrogens is 334 g/mol. The number of ketones is 1. The summed E-state index contributed by atoms with van der Waals surface area (Å²) in [6, 6.07) is 0.374. The van der Waals surface area contributed by atoms with Gasteiger partial charge in [0.05, 0.1) is 0 Å². The molecule has 4 rings (SSSR count). The smallest absolute Gasteiger partial charge is 0.210 e. The van der Waals surface area contributed by atoms with Crippen LogP contribution in [0.4, 0.5) is 0 Å². The molecule has 0 aromatic carbocycles. The van der Waals surface area contributed by atoms with Gasteiger partial charge in [-0.2, -0.15) is 0 Å². The molecule has 3 saturated carbocycles. The number of rotatable bonds is 2. The van der Waals surface area contributed by atoms with Crippen LogP contribution < -0.4 is 0 Å². The maximum absolute atomic E-state index is 12.0. The largest absolute Gasteiger partial charge is 0.337 e. The van der Waals surface area contributed by atoms with E-state index in [1.54, 1.807) is 0 Å². The highest BCUT2D eigenvalue weighted by molar-refractivity contribution is 5.91. The van der Waals surface area contributed by atoms with Crippen molar-refractivity contribution in [3.63, 3.8) is 0 Å². The topological polar surface area (TPSA) is 37.4 Å². The van der Waals surface area contributed by atoms with Gasteiger partial charge in [-0.1, -0.05) is 19.4 Å². The van der Waals surface area contributed by atoms with Gasteiger partial charge in [0.2, 0.25) is 6.41 Å². The summed E-state index contributed by atoms with van der Waals surface area (Å²) in [7, 11) is 0. The van der Waals surface area contributed by atoms with Crippen molar-refractivity contribution in [2.24, 2.45) is 28.6 Å². The van der Waals surface area contributed by atoms with Crippen molar-refractivity contribution in [1.29, 1.82) is 0 Å². The molecule has 3 nitrogen and oxygen atoms in total. The van der Waals surface area contributed by atoms with E-state index in [2.05, 4.69) is 39.5 Å². The normalized spacial score (nSPS) is 44.0. The van der Waals surface area contributed by atoms with Gasteiger partial charge in [0.25, 0.3) is 0 Å². The summed E-state index contributed by atoms with van der Waals surface area (Å²) in [6.45, 7) is 11.4. The van der Waals surface area contributed by atoms with Crippen molar-refractivity contribution in [2.45, 2.75) is 97.6 Å². The van der Waals surface area contributed by atoms with Crippen LogP contribution in [0.5, 0.6) is 0 Å². The highest BCUT2D eigenvalue weighted by Gasteiger charge is 2.60. The first-order valence-electron chi connectivity index (χ1n) is 11.1. The van der Waals surface area contributed by atoms with E-state index in [1.165, 1.54) is 31.3 Å². The molecule has 27 heavy (non-hydrogen) atoms. The average Bonchev–Trinajstić information content (AvgIpc) is 2.92. The van der Waals surface area contributed by atoms with Crippen LogP contribution in [-0.2, 0) is 9.59 Å². The van der Waals surface area contributed by atoms with Gasteiger partial charge in [0.15, 0.2) is 5.78 Å². The van der Waals surface area contributed by atoms with Crippen molar-refractivity contribution >= 4 is 12.2 Å². The van der Waals surface area contributed by atoms with Crippen LogP contribution >= 0.6 is 0 Å². The zero-order valence-electron chi connectivity index (χ0n) is 17.9. The fourth-order valence-corrected chi connectivity index (χ4v) is 7.69. The van der Waals surface area contributed by atoms with Crippen LogP contribution in [0.25, 0.3) is 0 Å². The van der Waals surface area contributed by atoms with Crippen molar-refractivity contribution in [1.82, 2.24) is 4.90 Å². The van der Waals surface area contributed by atoms with Crippen molar-refractivity contribution < 1.29 is 9.59 Å². The average molecular weight is 372 g/mol. The number of carbonyl (C=O) groups is 2. The summed E-state index contributed by atoms with van der Waals surface area (Å²) in [6.07, 6.45) is 12.1. The van der Waals surface area contributed by atoms with E-state index >= 15 is 0 Å². The van der Waals surface area contributed by atoms with Crippen LogP contribution in [0.15, 0.2) is 11.6 Å². The molecule has 3 heteroatoms. The Bertz CT molecular complexity index is 674. The molecule has 0 unspecified atom stereocenters. The summed E-state index contributed by atoms with van der Waals surface area (Å²) >= 11 is 0. The van der Waals surface area contributed by atoms with Crippen LogP contribution in [0.2, 0.25) is 0 Å². The van der Waals surface area contributed by atoms with Crippen molar-refractivity contribution in [2.75, 3.05) is 0 Å². The second-order valence-corrected chi connectivity index (χ2v) is 11.3. The lowest BCUT2D eigenvalue weighted by Crippen LogP contribution is -2.57. The Labute approximate surface area is 165 Å². The van der Waals surface area contributed by atoms with E-state index in [4.69, 9.17) is 0 Å². The van der Waals surface area contributed by atoms with E-state index in [0.717, 1.165) is 49.8 Å². The highest BCUT2D eigenvalue weighted by Crippen LogP contribution is 2.66. The third kappa shape index (κ3) is 2.75. The number of fused-ring (bicyclic) bond motifs is 5. The molecule has 0 aromatic rings. The molecule has 3 fully saturated rings. The molecule has 0 N–H and O–H groups in total. The molecule has 4 aliphatic rings. The number of amides is 1. The molecule has 0 heterocycles. The van der Waals surface area contributed by atoms with E-state index < -0.39 is 0 Å². The Morgan fingerprint density at radius 2 is 1.78 bits per heavy atom. The first kappa shape index (κ1) is 19.2. The molecule has 0 spiro atoms. The molecular formula is C24H37NO2. The van der Waals surface area contributed by atoms with Gasteiger partial charge in [-0.3, -0.25) is 9.59 Å². The standard InChI is InChI=1S/C24H37NO2/c1-22(2,3)25(15-26)21-9-8-19-18-7-6-16-14-17(27)10-12-23(16,4)20(18)11-13-24(19,21)5/h14-15,18-21H,6-13H2,1-5H3/t18-,19-,20-,21-,23-,24-/m0/s1. The Balaban J connectivity index is 1.64. The Kier molecular flexibility index (Phi) is 4.40. The maximum atomic E-state index is 12.0. The second-order valence-electron chi connectivity index (χ2n) is 11.3. The number of nitrogens with zero attached hydrogens (tertiary/aromatic N) is 1. The molecule has 0 bridgehead atoms. The zero-order valence-corrected chi connectivity index (χ0v) is 17.9. The molecule has 0 radical (unpaired) electrons. The summed E-state index contributed by atoms with van der Waals surface area (Å²) in [4.78, 5) is 26.1. The van der Waals surface area contributed by atoms with Gasteiger partial charge in [-0.05, 0) is 100 Å². The molecule has 150 valence electrons. The second kappa shape index (κ2) is 6.19. The first-order valence-corrected chi connectivity index (χ1v) is 11.1. The van der Waals surface area contributed by atoms with Gasteiger partial charge in [0.1, 0.15) is 0 Å². The minimum absolute atomic E-state index is 0.112. The van der Waals surface area contributed by atoms with Crippen LogP contribution in [0, 0.1) is 28.6 Å². The van der Waals surface area contributed by atoms with Gasteiger partial charge >= 0.3 is 0 Å². The van der Waals surface area contributed by atoms with Crippen LogP contribution in [0.1, 0.15) is 86.0 Å². The fraction of sp³-hybridized carbons (Fsp3) is 0.833. The summed E-state index contributed by atoms with van der Waals surface area (Å²) in [5.74, 6) is 2.55. The number of carbonyl (C=O) groups excluding carboxylic acids is 2. The first-order chi connectivity index (χ1) is 12.6. The summed E-state index contributed by atoms with van der Waals surface area (Å²) < 4.78 is 0.